The molecule has 5 nitrogen and oxygen atoms in total. The zero-order chi connectivity index (χ0) is 14.8. The molecule has 0 saturated heterocycles. The van der Waals surface area contributed by atoms with Gasteiger partial charge in [-0.1, -0.05) is 11.8 Å². The number of nitrogens with zero attached hydrogens (tertiary/aromatic N) is 2. The molecule has 1 aromatic heterocycles. The van der Waals surface area contributed by atoms with E-state index in [9.17, 15) is 13.6 Å². The van der Waals surface area contributed by atoms with Crippen LogP contribution in [0.15, 0.2) is 27.8 Å². The second kappa shape index (κ2) is 5.80. The van der Waals surface area contributed by atoms with E-state index in [0.717, 1.165) is 42.8 Å². The summed E-state index contributed by atoms with van der Waals surface area (Å²) in [4.78, 5) is 11.7. The number of rotatable bonds is 5. The molecule has 1 aliphatic rings. The largest absolute Gasteiger partial charge is 0.416 e. The van der Waals surface area contributed by atoms with Crippen LogP contribution in [-0.2, 0) is 4.79 Å². The molecule has 1 fully saturated rings. The number of carbonyl (C=O) groups is 1. The van der Waals surface area contributed by atoms with Crippen LogP contribution in [0.3, 0.4) is 0 Å². The fourth-order valence-corrected chi connectivity index (χ4v) is 2.25. The standard InChI is InChI=1S/C13H11F2N3O2S/c14-8-3-4-9(15)10(5-8)16-11(19)6-21-13-18-17-12(20-13)7-1-2-7/h3-5,7H,1-2,6H2,(H,16,19). The fourth-order valence-electron chi connectivity index (χ4n) is 1.68. The van der Waals surface area contributed by atoms with Gasteiger partial charge in [-0.3, -0.25) is 4.79 Å². The highest BCUT2D eigenvalue weighted by Gasteiger charge is 2.29. The minimum Gasteiger partial charge on any atom is -0.416 e. The van der Waals surface area contributed by atoms with Gasteiger partial charge in [0.05, 0.1) is 11.4 Å². The highest BCUT2D eigenvalue weighted by atomic mass is 32.2. The van der Waals surface area contributed by atoms with Crippen molar-refractivity contribution in [1.29, 1.82) is 0 Å². The Bertz CT molecular complexity index is 673. The van der Waals surface area contributed by atoms with E-state index < -0.39 is 17.5 Å². The van der Waals surface area contributed by atoms with Crippen molar-refractivity contribution in [1.82, 2.24) is 10.2 Å². The Morgan fingerprint density at radius 2 is 2.19 bits per heavy atom. The number of halogens is 2. The van der Waals surface area contributed by atoms with Crippen molar-refractivity contribution >= 4 is 23.4 Å². The summed E-state index contributed by atoms with van der Waals surface area (Å²) < 4.78 is 31.7. The topological polar surface area (TPSA) is 68.0 Å². The average Bonchev–Trinajstić information content (AvgIpc) is 3.20. The number of benzene rings is 1. The Morgan fingerprint density at radius 1 is 1.38 bits per heavy atom. The number of nitrogens with one attached hydrogen (secondary N) is 1. The highest BCUT2D eigenvalue weighted by molar-refractivity contribution is 7.99. The summed E-state index contributed by atoms with van der Waals surface area (Å²) in [5, 5.41) is 10.3. The molecule has 3 rings (SSSR count). The van der Waals surface area contributed by atoms with Gasteiger partial charge in [-0.05, 0) is 25.0 Å². The molecule has 1 saturated carbocycles. The van der Waals surface area contributed by atoms with Gasteiger partial charge in [-0.2, -0.15) is 0 Å². The van der Waals surface area contributed by atoms with Crippen LogP contribution in [0.4, 0.5) is 14.5 Å². The summed E-state index contributed by atoms with van der Waals surface area (Å²) in [6.07, 6.45) is 2.09. The molecular formula is C13H11F2N3O2S. The van der Waals surface area contributed by atoms with Gasteiger partial charge < -0.3 is 9.73 Å². The van der Waals surface area contributed by atoms with Gasteiger partial charge in [0, 0.05) is 12.0 Å². The zero-order valence-electron chi connectivity index (χ0n) is 10.8. The number of thioether (sulfide) groups is 1. The summed E-state index contributed by atoms with van der Waals surface area (Å²) in [5.74, 6) is -0.872. The molecule has 0 atom stereocenters. The van der Waals surface area contributed by atoms with Crippen molar-refractivity contribution in [3.63, 3.8) is 0 Å². The van der Waals surface area contributed by atoms with Gasteiger partial charge in [-0.25, -0.2) is 8.78 Å². The molecular weight excluding hydrogens is 300 g/mol. The molecule has 1 N–H and O–H groups in total. The highest BCUT2D eigenvalue weighted by Crippen LogP contribution is 2.39. The van der Waals surface area contributed by atoms with Crippen LogP contribution in [0.5, 0.6) is 0 Å². The van der Waals surface area contributed by atoms with E-state index in [2.05, 4.69) is 15.5 Å². The molecule has 110 valence electrons. The van der Waals surface area contributed by atoms with Crippen LogP contribution < -0.4 is 5.32 Å². The zero-order valence-corrected chi connectivity index (χ0v) is 11.6. The van der Waals surface area contributed by atoms with Crippen LogP contribution in [0.2, 0.25) is 0 Å². The van der Waals surface area contributed by atoms with Crippen molar-refractivity contribution in [2.24, 2.45) is 0 Å². The molecule has 2 aromatic rings. The smallest absolute Gasteiger partial charge is 0.277 e. The van der Waals surface area contributed by atoms with Gasteiger partial charge in [0.1, 0.15) is 11.6 Å². The number of anilines is 1. The molecule has 1 aromatic carbocycles. The summed E-state index contributed by atoms with van der Waals surface area (Å²) in [6, 6.07) is 2.87. The van der Waals surface area contributed by atoms with E-state index in [-0.39, 0.29) is 11.4 Å². The fraction of sp³-hybridized carbons (Fsp3) is 0.308. The third-order valence-electron chi connectivity index (χ3n) is 2.88. The average molecular weight is 311 g/mol. The van der Waals surface area contributed by atoms with Crippen molar-refractivity contribution < 1.29 is 18.0 Å². The molecule has 0 radical (unpaired) electrons. The van der Waals surface area contributed by atoms with E-state index >= 15 is 0 Å². The third kappa shape index (κ3) is 3.57. The number of amides is 1. The minimum atomic E-state index is -0.691. The first kappa shape index (κ1) is 14.0. The normalized spacial score (nSPS) is 14.2. The molecule has 1 amide bonds. The van der Waals surface area contributed by atoms with Crippen LogP contribution in [0.1, 0.15) is 24.7 Å². The molecule has 0 unspecified atom stereocenters. The summed E-state index contributed by atoms with van der Waals surface area (Å²) in [5.41, 5.74) is -0.190. The van der Waals surface area contributed by atoms with Gasteiger partial charge in [0.15, 0.2) is 0 Å². The lowest BCUT2D eigenvalue weighted by molar-refractivity contribution is -0.113. The maximum Gasteiger partial charge on any atom is 0.277 e. The first-order valence-electron chi connectivity index (χ1n) is 6.33. The number of aromatic nitrogens is 2. The maximum absolute atomic E-state index is 13.4. The van der Waals surface area contributed by atoms with E-state index in [1.807, 2.05) is 0 Å². The van der Waals surface area contributed by atoms with E-state index in [1.165, 1.54) is 0 Å². The first-order chi connectivity index (χ1) is 10.1. The van der Waals surface area contributed by atoms with Crippen molar-refractivity contribution in [2.45, 2.75) is 24.0 Å². The Labute approximate surface area is 123 Å². The predicted octanol–water partition coefficient (Wildman–Crippen LogP) is 2.96. The molecule has 1 aliphatic carbocycles. The summed E-state index contributed by atoms with van der Waals surface area (Å²) >= 11 is 1.06. The lowest BCUT2D eigenvalue weighted by Crippen LogP contribution is -2.15. The molecule has 0 bridgehead atoms. The van der Waals surface area contributed by atoms with Crippen LogP contribution in [-0.4, -0.2) is 21.9 Å². The maximum atomic E-state index is 13.4. The second-order valence-electron chi connectivity index (χ2n) is 4.64. The number of hydrogen-bond acceptors (Lipinski definition) is 5. The number of carbonyl (C=O) groups excluding carboxylic acids is 1. The van der Waals surface area contributed by atoms with Crippen LogP contribution in [0.25, 0.3) is 0 Å². The van der Waals surface area contributed by atoms with Gasteiger partial charge in [-0.15, -0.1) is 10.2 Å². The third-order valence-corrected chi connectivity index (χ3v) is 3.70. The Hall–Kier alpha value is -1.96. The van der Waals surface area contributed by atoms with Crippen molar-refractivity contribution in [3.05, 3.63) is 35.7 Å². The predicted molar refractivity (Wildman–Crippen MR) is 72.0 cm³/mol. The minimum absolute atomic E-state index is 0.0255. The summed E-state index contributed by atoms with van der Waals surface area (Å²) in [6.45, 7) is 0. The van der Waals surface area contributed by atoms with Gasteiger partial charge >= 0.3 is 0 Å². The Kier molecular flexibility index (Phi) is 3.87. The first-order valence-corrected chi connectivity index (χ1v) is 7.31. The number of hydrogen-bond donors (Lipinski definition) is 1. The van der Waals surface area contributed by atoms with Gasteiger partial charge in [0.25, 0.3) is 5.22 Å². The quantitative estimate of drug-likeness (QED) is 0.860. The molecule has 8 heteroatoms. The molecule has 0 aliphatic heterocycles. The molecule has 0 spiro atoms. The van der Waals surface area contributed by atoms with E-state index in [4.69, 9.17) is 4.42 Å². The van der Waals surface area contributed by atoms with E-state index in [1.54, 1.807) is 0 Å². The van der Waals surface area contributed by atoms with Crippen molar-refractivity contribution in [2.75, 3.05) is 11.1 Å². The SMILES string of the molecule is O=C(CSc1nnc(C2CC2)o1)Nc1cc(F)ccc1F. The van der Waals surface area contributed by atoms with Crippen LogP contribution >= 0.6 is 11.8 Å². The van der Waals surface area contributed by atoms with E-state index in [0.29, 0.717) is 17.0 Å². The Morgan fingerprint density at radius 3 is 2.95 bits per heavy atom. The Balaban J connectivity index is 1.54. The van der Waals surface area contributed by atoms with Crippen LogP contribution in [0, 0.1) is 11.6 Å². The molecule has 21 heavy (non-hydrogen) atoms. The second-order valence-corrected chi connectivity index (χ2v) is 5.57. The lowest BCUT2D eigenvalue weighted by atomic mass is 10.3. The van der Waals surface area contributed by atoms with Gasteiger partial charge in [0.2, 0.25) is 11.8 Å². The molecule has 1 heterocycles. The summed E-state index contributed by atoms with van der Waals surface area (Å²) in [7, 11) is 0. The van der Waals surface area contributed by atoms with Crippen molar-refractivity contribution in [3.8, 4) is 0 Å². The lowest BCUT2D eigenvalue weighted by Gasteiger charge is -2.05. The monoisotopic (exact) mass is 311 g/mol.